The van der Waals surface area contributed by atoms with Gasteiger partial charge in [-0.05, 0) is 30.5 Å². The molecule has 0 aromatic carbocycles. The van der Waals surface area contributed by atoms with E-state index in [-0.39, 0.29) is 11.2 Å². The first-order valence-corrected chi connectivity index (χ1v) is 12.4. The molecule has 2 N–H and O–H groups in total. The second-order valence-electron chi connectivity index (χ2n) is 8.61. The first-order chi connectivity index (χ1) is 15.5. The second-order valence-corrected chi connectivity index (χ2v) is 10.1. The van der Waals surface area contributed by atoms with Crippen LogP contribution in [-0.2, 0) is 20.8 Å². The fraction of sp³-hybridized carbons (Fsp3) is 0.667. The zero-order valence-corrected chi connectivity index (χ0v) is 19.7. The minimum Gasteiger partial charge on any atom is -0.381 e. The van der Waals surface area contributed by atoms with E-state index < -0.39 is 5.54 Å². The van der Waals surface area contributed by atoms with Crippen molar-refractivity contribution in [3.8, 4) is 0 Å². The number of hydrogen-bond donors (Lipinski definition) is 1. The molecule has 0 radical (unpaired) electrons. The zero-order chi connectivity index (χ0) is 22.1. The van der Waals surface area contributed by atoms with Crippen LogP contribution in [0.25, 0.3) is 10.2 Å². The van der Waals surface area contributed by atoms with E-state index in [1.54, 1.807) is 11.3 Å². The van der Waals surface area contributed by atoms with Crippen molar-refractivity contribution in [1.29, 1.82) is 0 Å². The number of anilines is 1. The van der Waals surface area contributed by atoms with E-state index in [9.17, 15) is 4.79 Å². The number of nitrogens with two attached hydrogens (primary N) is 1. The molecule has 1 amide bonds. The highest BCUT2D eigenvalue weighted by Crippen LogP contribution is 2.34. The Bertz CT molecular complexity index is 968. The van der Waals surface area contributed by atoms with Crippen molar-refractivity contribution < 1.29 is 14.3 Å². The summed E-state index contributed by atoms with van der Waals surface area (Å²) in [4.78, 5) is 29.5. The lowest BCUT2D eigenvalue weighted by Crippen LogP contribution is -2.64. The van der Waals surface area contributed by atoms with Crippen LogP contribution in [0.2, 0.25) is 5.28 Å². The van der Waals surface area contributed by atoms with Gasteiger partial charge in [0.15, 0.2) is 5.82 Å². The van der Waals surface area contributed by atoms with E-state index in [0.29, 0.717) is 39.3 Å². The molecule has 0 atom stereocenters. The summed E-state index contributed by atoms with van der Waals surface area (Å²) in [5.74, 6) is 0.692. The van der Waals surface area contributed by atoms with Gasteiger partial charge in [0.25, 0.3) is 0 Å². The smallest absolute Gasteiger partial charge is 0.238 e. The van der Waals surface area contributed by atoms with Gasteiger partial charge in [0.2, 0.25) is 11.2 Å². The van der Waals surface area contributed by atoms with Crippen LogP contribution in [0.3, 0.4) is 0 Å². The standard InChI is InChI=1S/C21H29ClN6O3S/c22-20-24-16-13-15(32-17(16)18(25-20)27-7-11-31-12-8-27)14-26-3-5-28(6-4-26)21(19(23)29)1-9-30-10-2-21/h13H,1-12,14H2,(H2,23,29). The summed E-state index contributed by atoms with van der Waals surface area (Å²) >= 11 is 7.98. The van der Waals surface area contributed by atoms with Crippen LogP contribution in [0.1, 0.15) is 17.7 Å². The van der Waals surface area contributed by atoms with Crippen LogP contribution in [-0.4, -0.2) is 96.9 Å². The molecular formula is C21H29ClN6O3S. The molecule has 0 aliphatic carbocycles. The van der Waals surface area contributed by atoms with E-state index in [0.717, 1.165) is 61.8 Å². The maximum atomic E-state index is 12.3. The molecule has 5 heterocycles. The van der Waals surface area contributed by atoms with Crippen LogP contribution in [0.15, 0.2) is 6.07 Å². The number of amides is 1. The monoisotopic (exact) mass is 480 g/mol. The van der Waals surface area contributed by atoms with Gasteiger partial charge in [0, 0.05) is 63.9 Å². The van der Waals surface area contributed by atoms with E-state index in [1.165, 1.54) is 4.88 Å². The number of thiophene rings is 1. The minimum atomic E-state index is -0.554. The molecule has 2 aromatic rings. The summed E-state index contributed by atoms with van der Waals surface area (Å²) in [7, 11) is 0. The first kappa shape index (κ1) is 22.2. The SMILES string of the molecule is NC(=O)C1(N2CCN(Cc3cc4nc(Cl)nc(N5CCOCC5)c4s3)CC2)CCOCC1. The third kappa shape index (κ3) is 4.32. The number of primary amides is 1. The molecule has 174 valence electrons. The lowest BCUT2D eigenvalue weighted by molar-refractivity contribution is -0.139. The number of halogens is 1. The van der Waals surface area contributed by atoms with Crippen molar-refractivity contribution in [1.82, 2.24) is 19.8 Å². The quantitative estimate of drug-likeness (QED) is 0.640. The van der Waals surface area contributed by atoms with Gasteiger partial charge in [0.1, 0.15) is 5.54 Å². The highest BCUT2D eigenvalue weighted by molar-refractivity contribution is 7.19. The van der Waals surface area contributed by atoms with Crippen molar-refractivity contribution in [3.05, 3.63) is 16.2 Å². The lowest BCUT2D eigenvalue weighted by atomic mass is 9.86. The van der Waals surface area contributed by atoms with Crippen LogP contribution in [0.5, 0.6) is 0 Å². The van der Waals surface area contributed by atoms with E-state index in [1.807, 2.05) is 0 Å². The fourth-order valence-corrected chi connectivity index (χ4v) is 6.31. The third-order valence-electron chi connectivity index (χ3n) is 6.82. The second kappa shape index (κ2) is 9.36. The average Bonchev–Trinajstić information content (AvgIpc) is 3.22. The topological polar surface area (TPSA) is 97.1 Å². The van der Waals surface area contributed by atoms with Crippen LogP contribution in [0.4, 0.5) is 5.82 Å². The van der Waals surface area contributed by atoms with Gasteiger partial charge in [0.05, 0.1) is 23.4 Å². The molecule has 11 heteroatoms. The Hall–Kier alpha value is -1.56. The zero-order valence-electron chi connectivity index (χ0n) is 18.1. The molecule has 3 aliphatic rings. The number of ether oxygens (including phenoxy) is 2. The minimum absolute atomic E-state index is 0.218. The van der Waals surface area contributed by atoms with Gasteiger partial charge in [-0.2, -0.15) is 4.98 Å². The molecule has 3 aliphatic heterocycles. The third-order valence-corrected chi connectivity index (χ3v) is 8.10. The van der Waals surface area contributed by atoms with E-state index in [4.69, 9.17) is 26.8 Å². The summed E-state index contributed by atoms with van der Waals surface area (Å²) in [6.07, 6.45) is 1.37. The maximum absolute atomic E-state index is 12.3. The van der Waals surface area contributed by atoms with Crippen LogP contribution < -0.4 is 10.6 Å². The van der Waals surface area contributed by atoms with Gasteiger partial charge < -0.3 is 20.1 Å². The summed E-state index contributed by atoms with van der Waals surface area (Å²) in [6, 6.07) is 2.13. The molecule has 3 fully saturated rings. The number of hydrogen-bond acceptors (Lipinski definition) is 9. The Labute approximate surface area is 196 Å². The van der Waals surface area contributed by atoms with Crippen LogP contribution >= 0.6 is 22.9 Å². The predicted molar refractivity (Wildman–Crippen MR) is 124 cm³/mol. The molecule has 5 rings (SSSR count). The molecular weight excluding hydrogens is 452 g/mol. The first-order valence-electron chi connectivity index (χ1n) is 11.2. The molecule has 3 saturated heterocycles. The Kier molecular flexibility index (Phi) is 6.51. The number of carbonyl (C=O) groups excluding carboxylic acids is 1. The van der Waals surface area contributed by atoms with Gasteiger partial charge >= 0.3 is 0 Å². The number of morpholine rings is 1. The number of piperazine rings is 1. The van der Waals surface area contributed by atoms with Crippen molar-refractivity contribution in [2.24, 2.45) is 5.73 Å². The molecule has 0 bridgehead atoms. The summed E-state index contributed by atoms with van der Waals surface area (Å²) in [5, 5.41) is 0.283. The van der Waals surface area contributed by atoms with Crippen molar-refractivity contribution in [2.45, 2.75) is 24.9 Å². The summed E-state index contributed by atoms with van der Waals surface area (Å²) in [6.45, 7) is 8.52. The van der Waals surface area contributed by atoms with E-state index in [2.05, 4.69) is 30.7 Å². The Morgan fingerprint density at radius 1 is 1.06 bits per heavy atom. The van der Waals surface area contributed by atoms with E-state index >= 15 is 0 Å². The maximum Gasteiger partial charge on any atom is 0.238 e. The van der Waals surface area contributed by atoms with Gasteiger partial charge in [-0.15, -0.1) is 11.3 Å². The van der Waals surface area contributed by atoms with Crippen molar-refractivity contribution in [3.63, 3.8) is 0 Å². The number of rotatable bonds is 5. The summed E-state index contributed by atoms with van der Waals surface area (Å²) < 4.78 is 12.0. The molecule has 32 heavy (non-hydrogen) atoms. The average molecular weight is 481 g/mol. The molecule has 0 unspecified atom stereocenters. The predicted octanol–water partition coefficient (Wildman–Crippen LogP) is 1.33. The van der Waals surface area contributed by atoms with Crippen molar-refractivity contribution in [2.75, 3.05) is 70.6 Å². The van der Waals surface area contributed by atoms with Gasteiger partial charge in [-0.1, -0.05) is 0 Å². The number of nitrogens with zero attached hydrogens (tertiary/aromatic N) is 5. The highest BCUT2D eigenvalue weighted by Gasteiger charge is 2.44. The number of carbonyl (C=O) groups is 1. The number of aromatic nitrogens is 2. The molecule has 9 nitrogen and oxygen atoms in total. The fourth-order valence-electron chi connectivity index (χ4n) is 4.99. The Balaban J connectivity index is 1.28. The Morgan fingerprint density at radius 2 is 1.75 bits per heavy atom. The van der Waals surface area contributed by atoms with Gasteiger partial charge in [-0.25, -0.2) is 4.98 Å². The molecule has 0 saturated carbocycles. The van der Waals surface area contributed by atoms with Crippen molar-refractivity contribution >= 4 is 44.9 Å². The lowest BCUT2D eigenvalue weighted by Gasteiger charge is -2.47. The normalized spacial score (nSPS) is 23.0. The highest BCUT2D eigenvalue weighted by atomic mass is 35.5. The summed E-state index contributed by atoms with van der Waals surface area (Å²) in [5.41, 5.74) is 6.19. The largest absolute Gasteiger partial charge is 0.381 e. The van der Waals surface area contributed by atoms with Gasteiger partial charge in [-0.3, -0.25) is 14.6 Å². The number of fused-ring (bicyclic) bond motifs is 1. The molecule has 0 spiro atoms. The Morgan fingerprint density at radius 3 is 2.44 bits per heavy atom. The van der Waals surface area contributed by atoms with Crippen LogP contribution in [0, 0.1) is 0 Å². The molecule has 2 aromatic heterocycles.